The minimum atomic E-state index is 0.196. The Kier molecular flexibility index (Phi) is 5.49. The van der Waals surface area contributed by atoms with E-state index in [4.69, 9.17) is 4.74 Å². The van der Waals surface area contributed by atoms with Crippen molar-refractivity contribution in [2.45, 2.75) is 45.9 Å². The first kappa shape index (κ1) is 13.2. The van der Waals surface area contributed by atoms with E-state index in [2.05, 4.69) is 35.6 Å². The first-order chi connectivity index (χ1) is 7.72. The lowest BCUT2D eigenvalue weighted by Crippen LogP contribution is -2.41. The number of hydrogen-bond donors (Lipinski definition) is 1. The molecule has 4 heteroatoms. The minimum absolute atomic E-state index is 0.196. The molecule has 1 rings (SSSR count). The first-order valence-corrected chi connectivity index (χ1v) is 5.99. The van der Waals surface area contributed by atoms with Crippen molar-refractivity contribution in [3.8, 4) is 0 Å². The summed E-state index contributed by atoms with van der Waals surface area (Å²) in [5.74, 6) is 1.12. The SMILES string of the molecule is CCNC(Cc1nccn1CC)C(C)OC. The van der Waals surface area contributed by atoms with Gasteiger partial charge in [-0.05, 0) is 20.4 Å². The molecule has 92 valence electrons. The Labute approximate surface area is 98.0 Å². The van der Waals surface area contributed by atoms with Crippen molar-refractivity contribution < 1.29 is 4.74 Å². The number of nitrogens with one attached hydrogen (secondary N) is 1. The van der Waals surface area contributed by atoms with Crippen LogP contribution in [0, 0.1) is 0 Å². The number of rotatable bonds is 7. The number of likely N-dealkylation sites (N-methyl/N-ethyl adjacent to an activating group) is 1. The second kappa shape index (κ2) is 6.66. The fourth-order valence-electron chi connectivity index (χ4n) is 1.85. The molecule has 0 fully saturated rings. The number of nitrogens with zero attached hydrogens (tertiary/aromatic N) is 2. The van der Waals surface area contributed by atoms with E-state index < -0.39 is 0 Å². The van der Waals surface area contributed by atoms with Gasteiger partial charge in [0, 0.05) is 38.5 Å². The summed E-state index contributed by atoms with van der Waals surface area (Å²) in [5, 5.41) is 3.44. The van der Waals surface area contributed by atoms with Crippen LogP contribution in [-0.2, 0) is 17.7 Å². The molecule has 1 aromatic rings. The summed E-state index contributed by atoms with van der Waals surface area (Å²) < 4.78 is 7.56. The second-order valence-electron chi connectivity index (χ2n) is 3.94. The van der Waals surface area contributed by atoms with Gasteiger partial charge >= 0.3 is 0 Å². The molecule has 0 saturated heterocycles. The van der Waals surface area contributed by atoms with Crippen LogP contribution in [0.2, 0.25) is 0 Å². The number of ether oxygens (including phenoxy) is 1. The Balaban J connectivity index is 2.67. The van der Waals surface area contributed by atoms with Gasteiger partial charge in [0.05, 0.1) is 6.10 Å². The molecule has 2 atom stereocenters. The monoisotopic (exact) mass is 225 g/mol. The molecule has 2 unspecified atom stereocenters. The van der Waals surface area contributed by atoms with E-state index in [1.807, 2.05) is 12.4 Å². The third kappa shape index (κ3) is 3.32. The highest BCUT2D eigenvalue weighted by Crippen LogP contribution is 2.07. The highest BCUT2D eigenvalue weighted by atomic mass is 16.5. The molecule has 16 heavy (non-hydrogen) atoms. The normalized spacial score (nSPS) is 15.0. The molecule has 1 N–H and O–H groups in total. The number of aryl methyl sites for hydroxylation is 1. The molecule has 0 aliphatic rings. The van der Waals surface area contributed by atoms with Crippen LogP contribution in [-0.4, -0.2) is 35.4 Å². The number of aromatic nitrogens is 2. The molecule has 1 aromatic heterocycles. The Morgan fingerprint density at radius 2 is 2.25 bits per heavy atom. The zero-order chi connectivity index (χ0) is 12.0. The predicted molar refractivity (Wildman–Crippen MR) is 65.5 cm³/mol. The van der Waals surface area contributed by atoms with Crippen LogP contribution < -0.4 is 5.32 Å². The van der Waals surface area contributed by atoms with E-state index >= 15 is 0 Å². The number of imidazole rings is 1. The first-order valence-electron chi connectivity index (χ1n) is 5.99. The lowest BCUT2D eigenvalue weighted by molar-refractivity contribution is 0.0827. The molecular weight excluding hydrogens is 202 g/mol. The lowest BCUT2D eigenvalue weighted by Gasteiger charge is -2.23. The molecule has 4 nitrogen and oxygen atoms in total. The van der Waals surface area contributed by atoms with Gasteiger partial charge in [-0.2, -0.15) is 0 Å². The summed E-state index contributed by atoms with van der Waals surface area (Å²) >= 11 is 0. The molecule has 0 amide bonds. The van der Waals surface area contributed by atoms with Gasteiger partial charge in [0.15, 0.2) is 0 Å². The lowest BCUT2D eigenvalue weighted by atomic mass is 10.1. The van der Waals surface area contributed by atoms with Crippen LogP contribution in [0.15, 0.2) is 12.4 Å². The molecule has 0 saturated carbocycles. The summed E-state index contributed by atoms with van der Waals surface area (Å²) in [6.45, 7) is 8.25. The molecule has 0 bridgehead atoms. The number of methoxy groups -OCH3 is 1. The van der Waals surface area contributed by atoms with Crippen LogP contribution in [0.4, 0.5) is 0 Å². The quantitative estimate of drug-likeness (QED) is 0.763. The summed E-state index contributed by atoms with van der Waals surface area (Å²) in [4.78, 5) is 4.39. The maximum atomic E-state index is 5.39. The average molecular weight is 225 g/mol. The van der Waals surface area contributed by atoms with Crippen LogP contribution >= 0.6 is 0 Å². The van der Waals surface area contributed by atoms with Gasteiger partial charge in [0.2, 0.25) is 0 Å². The molecule has 0 radical (unpaired) electrons. The van der Waals surface area contributed by atoms with Crippen molar-refractivity contribution in [3.63, 3.8) is 0 Å². The molecule has 0 aliphatic carbocycles. The van der Waals surface area contributed by atoms with Crippen LogP contribution in [0.5, 0.6) is 0 Å². The van der Waals surface area contributed by atoms with Crippen LogP contribution in [0.3, 0.4) is 0 Å². The maximum Gasteiger partial charge on any atom is 0.110 e. The van der Waals surface area contributed by atoms with E-state index in [0.29, 0.717) is 6.04 Å². The van der Waals surface area contributed by atoms with Crippen molar-refractivity contribution in [1.29, 1.82) is 0 Å². The summed E-state index contributed by atoms with van der Waals surface area (Å²) in [6.07, 6.45) is 4.99. The van der Waals surface area contributed by atoms with E-state index in [1.165, 1.54) is 0 Å². The number of hydrogen-bond acceptors (Lipinski definition) is 3. The summed E-state index contributed by atoms with van der Waals surface area (Å²) in [5.41, 5.74) is 0. The van der Waals surface area contributed by atoms with Gasteiger partial charge in [-0.1, -0.05) is 6.92 Å². The van der Waals surface area contributed by atoms with Crippen LogP contribution in [0.1, 0.15) is 26.6 Å². The maximum absolute atomic E-state index is 5.39. The van der Waals surface area contributed by atoms with E-state index in [-0.39, 0.29) is 6.10 Å². The molecule has 0 spiro atoms. The third-order valence-electron chi connectivity index (χ3n) is 2.95. The Hall–Kier alpha value is -0.870. The standard InChI is InChI=1S/C12H23N3O/c1-5-13-11(10(3)16-4)9-12-14-7-8-15(12)6-2/h7-8,10-11,13H,5-6,9H2,1-4H3. The zero-order valence-corrected chi connectivity index (χ0v) is 10.7. The van der Waals surface area contributed by atoms with Crippen LogP contribution in [0.25, 0.3) is 0 Å². The fourth-order valence-corrected chi connectivity index (χ4v) is 1.85. The smallest absolute Gasteiger partial charge is 0.110 e. The van der Waals surface area contributed by atoms with E-state index in [9.17, 15) is 0 Å². The Bertz CT molecular complexity index is 298. The highest BCUT2D eigenvalue weighted by Gasteiger charge is 2.18. The average Bonchev–Trinajstić information content (AvgIpc) is 2.74. The van der Waals surface area contributed by atoms with Gasteiger partial charge in [-0.3, -0.25) is 0 Å². The van der Waals surface area contributed by atoms with Crippen molar-refractivity contribution in [2.75, 3.05) is 13.7 Å². The molecule has 1 heterocycles. The van der Waals surface area contributed by atoms with Crippen molar-refractivity contribution in [3.05, 3.63) is 18.2 Å². The third-order valence-corrected chi connectivity index (χ3v) is 2.95. The topological polar surface area (TPSA) is 39.1 Å². The second-order valence-corrected chi connectivity index (χ2v) is 3.94. The van der Waals surface area contributed by atoms with Crippen molar-refractivity contribution in [1.82, 2.24) is 14.9 Å². The minimum Gasteiger partial charge on any atom is -0.380 e. The van der Waals surface area contributed by atoms with Gasteiger partial charge in [-0.15, -0.1) is 0 Å². The predicted octanol–water partition coefficient (Wildman–Crippen LogP) is 1.46. The summed E-state index contributed by atoms with van der Waals surface area (Å²) in [7, 11) is 1.75. The Morgan fingerprint density at radius 3 is 2.81 bits per heavy atom. The van der Waals surface area contributed by atoms with Gasteiger partial charge in [0.25, 0.3) is 0 Å². The largest absolute Gasteiger partial charge is 0.380 e. The molecule has 0 aliphatic heterocycles. The zero-order valence-electron chi connectivity index (χ0n) is 10.7. The highest BCUT2D eigenvalue weighted by molar-refractivity contribution is 4.96. The van der Waals surface area contributed by atoms with E-state index in [1.54, 1.807) is 7.11 Å². The van der Waals surface area contributed by atoms with Crippen molar-refractivity contribution in [2.24, 2.45) is 0 Å². The van der Waals surface area contributed by atoms with E-state index in [0.717, 1.165) is 25.3 Å². The van der Waals surface area contributed by atoms with Gasteiger partial charge in [-0.25, -0.2) is 4.98 Å². The van der Waals surface area contributed by atoms with Gasteiger partial charge < -0.3 is 14.6 Å². The molecular formula is C12H23N3O. The van der Waals surface area contributed by atoms with Gasteiger partial charge in [0.1, 0.15) is 5.82 Å². The fraction of sp³-hybridized carbons (Fsp3) is 0.750. The summed E-state index contributed by atoms with van der Waals surface area (Å²) in [6, 6.07) is 0.322. The Morgan fingerprint density at radius 1 is 1.50 bits per heavy atom. The molecule has 0 aromatic carbocycles. The van der Waals surface area contributed by atoms with Crippen molar-refractivity contribution >= 4 is 0 Å².